The second kappa shape index (κ2) is 8.68. The molecule has 1 atom stereocenters. The summed E-state index contributed by atoms with van der Waals surface area (Å²) in [5.41, 5.74) is 0.362. The molecule has 1 aromatic heterocycles. The molecule has 0 aromatic carbocycles. The number of carbonyl (C=O) groups excluding carboxylic acids is 2. The van der Waals surface area contributed by atoms with E-state index in [9.17, 15) is 14.9 Å². The third kappa shape index (κ3) is 4.80. The lowest BCUT2D eigenvalue weighted by Gasteiger charge is -2.23. The Balaban J connectivity index is 2.06. The Morgan fingerprint density at radius 3 is 2.83 bits per heavy atom. The van der Waals surface area contributed by atoms with Gasteiger partial charge in [-0.25, -0.2) is 4.98 Å². The number of hydrogen-bond acceptors (Lipinski definition) is 5. The van der Waals surface area contributed by atoms with Crippen molar-refractivity contribution in [3.63, 3.8) is 0 Å². The summed E-state index contributed by atoms with van der Waals surface area (Å²) < 4.78 is 0. The minimum Gasteiger partial charge on any atom is -0.352 e. The third-order valence-electron chi connectivity index (χ3n) is 3.92. The Morgan fingerprint density at radius 2 is 2.17 bits per heavy atom. The Bertz CT molecular complexity index is 606. The first-order valence-corrected chi connectivity index (χ1v) is 8.97. The van der Waals surface area contributed by atoms with Crippen LogP contribution in [-0.4, -0.2) is 28.5 Å². The summed E-state index contributed by atoms with van der Waals surface area (Å²) in [6.45, 7) is 2.00. The molecule has 0 saturated heterocycles. The van der Waals surface area contributed by atoms with Crippen LogP contribution in [0.1, 0.15) is 49.4 Å². The molecule has 2 rings (SSSR count). The van der Waals surface area contributed by atoms with Crippen molar-refractivity contribution >= 4 is 23.5 Å². The summed E-state index contributed by atoms with van der Waals surface area (Å²) in [5, 5.41) is 12.9. The summed E-state index contributed by atoms with van der Waals surface area (Å²) in [6, 6.07) is 5.14. The van der Waals surface area contributed by atoms with E-state index in [4.69, 9.17) is 0 Å². The van der Waals surface area contributed by atoms with Gasteiger partial charge in [-0.3, -0.25) is 9.59 Å². The summed E-state index contributed by atoms with van der Waals surface area (Å²) in [4.78, 5) is 29.0. The molecule has 0 spiro atoms. The van der Waals surface area contributed by atoms with E-state index in [1.165, 1.54) is 18.2 Å². The lowest BCUT2D eigenvalue weighted by molar-refractivity contribution is -0.123. The lowest BCUT2D eigenvalue weighted by atomic mass is 9.93. The van der Waals surface area contributed by atoms with Crippen molar-refractivity contribution in [1.29, 1.82) is 5.26 Å². The van der Waals surface area contributed by atoms with Crippen LogP contribution in [0.2, 0.25) is 0 Å². The number of hydrogen-bond donors (Lipinski definition) is 1. The van der Waals surface area contributed by atoms with E-state index >= 15 is 0 Å². The number of ketones is 1. The molecule has 1 heterocycles. The zero-order chi connectivity index (χ0) is 16.7. The predicted molar refractivity (Wildman–Crippen MR) is 89.1 cm³/mol. The van der Waals surface area contributed by atoms with Crippen molar-refractivity contribution in [2.24, 2.45) is 5.92 Å². The zero-order valence-corrected chi connectivity index (χ0v) is 14.1. The molecule has 1 fully saturated rings. The normalized spacial score (nSPS) is 16.3. The van der Waals surface area contributed by atoms with Crippen LogP contribution < -0.4 is 5.32 Å². The molecule has 6 heteroatoms. The van der Waals surface area contributed by atoms with Crippen LogP contribution in [0.5, 0.6) is 0 Å². The minimum absolute atomic E-state index is 0.0866. The van der Waals surface area contributed by atoms with Crippen molar-refractivity contribution in [3.8, 4) is 6.07 Å². The maximum absolute atomic E-state index is 12.5. The first-order valence-electron chi connectivity index (χ1n) is 7.98. The quantitative estimate of drug-likeness (QED) is 0.492. The number of nitrogens with zero attached hydrogens (tertiary/aromatic N) is 2. The number of pyridine rings is 1. The molecular formula is C17H21N3O2S. The first-order chi connectivity index (χ1) is 11.2. The van der Waals surface area contributed by atoms with Crippen molar-refractivity contribution in [2.75, 3.05) is 5.75 Å². The van der Waals surface area contributed by atoms with E-state index in [1.807, 2.05) is 13.0 Å². The molecule has 1 aromatic rings. The van der Waals surface area contributed by atoms with E-state index in [-0.39, 0.29) is 6.04 Å². The number of aromatic nitrogens is 1. The average Bonchev–Trinajstić information content (AvgIpc) is 2.57. The van der Waals surface area contributed by atoms with Crippen molar-refractivity contribution < 1.29 is 9.59 Å². The van der Waals surface area contributed by atoms with E-state index in [2.05, 4.69) is 10.3 Å². The number of amides is 1. The summed E-state index contributed by atoms with van der Waals surface area (Å²) >= 11 is 1.52. The van der Waals surface area contributed by atoms with Crippen molar-refractivity contribution in [3.05, 3.63) is 23.9 Å². The molecule has 122 valence electrons. The first kappa shape index (κ1) is 17.5. The number of nitrogens with one attached hydrogen (secondary N) is 1. The van der Waals surface area contributed by atoms with Gasteiger partial charge in [-0.05, 0) is 30.7 Å². The smallest absolute Gasteiger partial charge is 0.245 e. The van der Waals surface area contributed by atoms with Crippen molar-refractivity contribution in [1.82, 2.24) is 10.3 Å². The van der Waals surface area contributed by atoms with Gasteiger partial charge in [-0.2, -0.15) is 5.26 Å². The molecule has 1 amide bonds. The number of Topliss-reactive ketones (excluding diaryl/α,β-unsaturated/α-hetero) is 1. The monoisotopic (exact) mass is 331 g/mol. The summed E-state index contributed by atoms with van der Waals surface area (Å²) in [7, 11) is 0. The van der Waals surface area contributed by atoms with E-state index in [0.29, 0.717) is 5.56 Å². The zero-order valence-electron chi connectivity index (χ0n) is 13.2. The molecule has 1 aliphatic carbocycles. The van der Waals surface area contributed by atoms with Crippen LogP contribution in [0.3, 0.4) is 0 Å². The second-order valence-electron chi connectivity index (χ2n) is 5.59. The topological polar surface area (TPSA) is 82.8 Å². The highest BCUT2D eigenvalue weighted by atomic mass is 32.2. The summed E-state index contributed by atoms with van der Waals surface area (Å²) in [6.07, 6.45) is 6.73. The Morgan fingerprint density at radius 1 is 1.43 bits per heavy atom. The molecule has 23 heavy (non-hydrogen) atoms. The molecule has 1 saturated carbocycles. The van der Waals surface area contributed by atoms with Gasteiger partial charge in [0.15, 0.2) is 11.7 Å². The minimum atomic E-state index is -1.29. The SMILES string of the molecule is CCSc1cc(C(=O)C(C#N)C(=O)NC2CCCCC2)ccn1. The molecule has 1 unspecified atom stereocenters. The molecule has 1 aliphatic rings. The van der Waals surface area contributed by atoms with Gasteiger partial charge >= 0.3 is 0 Å². The van der Waals surface area contributed by atoms with Crippen LogP contribution >= 0.6 is 11.8 Å². The fourth-order valence-electron chi connectivity index (χ4n) is 2.72. The molecule has 0 aliphatic heterocycles. The standard InChI is InChI=1S/C17H21N3O2S/c1-2-23-15-10-12(8-9-19-15)16(21)14(11-18)17(22)20-13-6-4-3-5-7-13/h8-10,13-14H,2-7H2,1H3,(H,20,22). The van der Waals surface area contributed by atoms with Gasteiger partial charge in [-0.15, -0.1) is 11.8 Å². The number of nitriles is 1. The van der Waals surface area contributed by atoms with Crippen molar-refractivity contribution in [2.45, 2.75) is 50.1 Å². The fourth-order valence-corrected chi connectivity index (χ4v) is 3.37. The summed E-state index contributed by atoms with van der Waals surface area (Å²) in [5.74, 6) is -1.39. The van der Waals surface area contributed by atoms with Gasteiger partial charge in [0.25, 0.3) is 0 Å². The maximum atomic E-state index is 12.5. The van der Waals surface area contributed by atoms with Gasteiger partial charge in [0.2, 0.25) is 5.91 Å². The number of carbonyl (C=O) groups is 2. The number of rotatable bonds is 6. The Hall–Kier alpha value is -1.87. The lowest BCUT2D eigenvalue weighted by Crippen LogP contribution is -2.42. The van der Waals surface area contributed by atoms with E-state index in [0.717, 1.165) is 36.5 Å². The highest BCUT2D eigenvalue weighted by Crippen LogP contribution is 2.20. The maximum Gasteiger partial charge on any atom is 0.245 e. The van der Waals surface area contributed by atoms with Gasteiger partial charge in [0.05, 0.1) is 11.1 Å². The predicted octanol–water partition coefficient (Wildman–Crippen LogP) is 2.96. The van der Waals surface area contributed by atoms with Crippen LogP contribution in [0.15, 0.2) is 23.4 Å². The molecule has 5 nitrogen and oxygen atoms in total. The van der Waals surface area contributed by atoms with E-state index in [1.54, 1.807) is 18.3 Å². The Labute approximate surface area is 140 Å². The van der Waals surface area contributed by atoms with Crippen LogP contribution in [-0.2, 0) is 4.79 Å². The molecule has 1 N–H and O–H groups in total. The molecule has 0 radical (unpaired) electrons. The van der Waals surface area contributed by atoms with Gasteiger partial charge < -0.3 is 5.32 Å². The van der Waals surface area contributed by atoms with Crippen LogP contribution in [0.4, 0.5) is 0 Å². The second-order valence-corrected chi connectivity index (χ2v) is 6.87. The highest BCUT2D eigenvalue weighted by molar-refractivity contribution is 7.99. The average molecular weight is 331 g/mol. The molecule has 0 bridgehead atoms. The van der Waals surface area contributed by atoms with Crippen LogP contribution in [0.25, 0.3) is 0 Å². The van der Waals surface area contributed by atoms with Gasteiger partial charge in [-0.1, -0.05) is 26.2 Å². The fraction of sp³-hybridized carbons (Fsp3) is 0.529. The highest BCUT2D eigenvalue weighted by Gasteiger charge is 2.29. The largest absolute Gasteiger partial charge is 0.352 e. The van der Waals surface area contributed by atoms with E-state index < -0.39 is 17.6 Å². The van der Waals surface area contributed by atoms with Crippen LogP contribution in [0, 0.1) is 17.2 Å². The van der Waals surface area contributed by atoms with Gasteiger partial charge in [0.1, 0.15) is 0 Å². The van der Waals surface area contributed by atoms with Gasteiger partial charge in [0, 0.05) is 17.8 Å². The third-order valence-corrected chi connectivity index (χ3v) is 4.72. The number of thioether (sulfide) groups is 1. The Kier molecular flexibility index (Phi) is 6.60. The molecular weight excluding hydrogens is 310 g/mol.